The van der Waals surface area contributed by atoms with Crippen LogP contribution in [0.1, 0.15) is 41.3 Å². The molecule has 2 heterocycles. The average Bonchev–Trinajstić information content (AvgIpc) is 3.30. The van der Waals surface area contributed by atoms with Crippen molar-refractivity contribution in [3.63, 3.8) is 0 Å². The molecule has 2 atom stereocenters. The standard InChI is InChI=1S/C21H22N2O2/c24-20(16-5-2-1-3-6-16)14-18-7-4-12-23(18)21(25)17-9-8-15-10-11-22-19(15)13-17/h1-3,5-6,8-11,13,18,20,22,24H,4,7,12,14H2. The minimum Gasteiger partial charge on any atom is -0.388 e. The summed E-state index contributed by atoms with van der Waals surface area (Å²) < 4.78 is 0. The molecule has 25 heavy (non-hydrogen) atoms. The maximum Gasteiger partial charge on any atom is 0.254 e. The lowest BCUT2D eigenvalue weighted by Crippen LogP contribution is -2.36. The number of hydrogen-bond donors (Lipinski definition) is 2. The van der Waals surface area contributed by atoms with Crippen LogP contribution in [0.25, 0.3) is 10.9 Å². The maximum absolute atomic E-state index is 13.0. The summed E-state index contributed by atoms with van der Waals surface area (Å²) in [5.74, 6) is 0.0549. The number of aromatic nitrogens is 1. The Morgan fingerprint density at radius 2 is 2.04 bits per heavy atom. The quantitative estimate of drug-likeness (QED) is 0.760. The second-order valence-electron chi connectivity index (χ2n) is 6.74. The molecule has 128 valence electrons. The number of rotatable bonds is 4. The van der Waals surface area contributed by atoms with E-state index in [9.17, 15) is 9.90 Å². The molecule has 1 amide bonds. The molecule has 2 unspecified atom stereocenters. The summed E-state index contributed by atoms with van der Waals surface area (Å²) in [4.78, 5) is 18.1. The lowest BCUT2D eigenvalue weighted by Gasteiger charge is -2.27. The number of aromatic amines is 1. The van der Waals surface area contributed by atoms with Crippen LogP contribution >= 0.6 is 0 Å². The van der Waals surface area contributed by atoms with E-state index < -0.39 is 6.10 Å². The molecule has 0 spiro atoms. The molecule has 3 aromatic rings. The normalized spacial score (nSPS) is 18.6. The van der Waals surface area contributed by atoms with Crippen LogP contribution < -0.4 is 0 Å². The highest BCUT2D eigenvalue weighted by Crippen LogP contribution is 2.29. The summed E-state index contributed by atoms with van der Waals surface area (Å²) in [6, 6.07) is 17.5. The van der Waals surface area contributed by atoms with Gasteiger partial charge in [0.15, 0.2) is 0 Å². The Bertz CT molecular complexity index is 872. The van der Waals surface area contributed by atoms with Crippen molar-refractivity contribution in [2.45, 2.75) is 31.4 Å². The van der Waals surface area contributed by atoms with Gasteiger partial charge in [0.25, 0.3) is 5.91 Å². The highest BCUT2D eigenvalue weighted by molar-refractivity contribution is 5.98. The Hall–Kier alpha value is -2.59. The number of benzene rings is 2. The van der Waals surface area contributed by atoms with Crippen LogP contribution in [-0.2, 0) is 0 Å². The SMILES string of the molecule is O=C(c1ccc2cc[nH]c2c1)N1CCCC1CC(O)c1ccccc1. The highest BCUT2D eigenvalue weighted by atomic mass is 16.3. The molecular weight excluding hydrogens is 312 g/mol. The van der Waals surface area contributed by atoms with Crippen LogP contribution in [0.15, 0.2) is 60.8 Å². The number of amides is 1. The Kier molecular flexibility index (Phi) is 4.28. The maximum atomic E-state index is 13.0. The van der Waals surface area contributed by atoms with E-state index in [1.807, 2.05) is 65.7 Å². The van der Waals surface area contributed by atoms with Crippen molar-refractivity contribution >= 4 is 16.8 Å². The van der Waals surface area contributed by atoms with Crippen LogP contribution in [0.4, 0.5) is 0 Å². The molecule has 4 rings (SSSR count). The first-order valence-corrected chi connectivity index (χ1v) is 8.83. The van der Waals surface area contributed by atoms with Crippen molar-refractivity contribution < 1.29 is 9.90 Å². The van der Waals surface area contributed by atoms with Gasteiger partial charge in [0, 0.05) is 29.9 Å². The number of hydrogen-bond acceptors (Lipinski definition) is 2. The zero-order chi connectivity index (χ0) is 17.2. The van der Waals surface area contributed by atoms with Gasteiger partial charge in [-0.05, 0) is 48.4 Å². The number of nitrogens with zero attached hydrogens (tertiary/aromatic N) is 1. The van der Waals surface area contributed by atoms with Gasteiger partial charge in [-0.1, -0.05) is 36.4 Å². The first-order chi connectivity index (χ1) is 12.2. The van der Waals surface area contributed by atoms with Crippen molar-refractivity contribution in [1.82, 2.24) is 9.88 Å². The lowest BCUT2D eigenvalue weighted by molar-refractivity contribution is 0.0667. The van der Waals surface area contributed by atoms with Crippen molar-refractivity contribution in [2.24, 2.45) is 0 Å². The molecule has 2 N–H and O–H groups in total. The van der Waals surface area contributed by atoms with Crippen LogP contribution in [-0.4, -0.2) is 33.5 Å². The molecule has 4 nitrogen and oxygen atoms in total. The predicted molar refractivity (Wildman–Crippen MR) is 98.4 cm³/mol. The Morgan fingerprint density at radius 1 is 1.20 bits per heavy atom. The molecule has 0 saturated carbocycles. The molecule has 1 aliphatic heterocycles. The molecule has 0 radical (unpaired) electrons. The average molecular weight is 334 g/mol. The van der Waals surface area contributed by atoms with Crippen molar-refractivity contribution in [1.29, 1.82) is 0 Å². The summed E-state index contributed by atoms with van der Waals surface area (Å²) in [7, 11) is 0. The van der Waals surface area contributed by atoms with Gasteiger partial charge in [-0.2, -0.15) is 0 Å². The first-order valence-electron chi connectivity index (χ1n) is 8.83. The van der Waals surface area contributed by atoms with E-state index in [1.54, 1.807) is 0 Å². The minimum absolute atomic E-state index is 0.0549. The first kappa shape index (κ1) is 15.9. The molecule has 1 aliphatic rings. The van der Waals surface area contributed by atoms with Gasteiger partial charge in [-0.25, -0.2) is 0 Å². The van der Waals surface area contributed by atoms with Crippen LogP contribution in [0.3, 0.4) is 0 Å². The van der Waals surface area contributed by atoms with E-state index in [0.29, 0.717) is 12.0 Å². The fraction of sp³-hybridized carbons (Fsp3) is 0.286. The van der Waals surface area contributed by atoms with Crippen molar-refractivity contribution in [2.75, 3.05) is 6.54 Å². The third-order valence-corrected chi connectivity index (χ3v) is 5.12. The zero-order valence-corrected chi connectivity index (χ0v) is 14.1. The van der Waals surface area contributed by atoms with E-state index in [2.05, 4.69) is 4.98 Å². The Labute approximate surface area is 147 Å². The summed E-state index contributed by atoms with van der Waals surface area (Å²) in [5, 5.41) is 11.6. The molecule has 2 aromatic carbocycles. The number of fused-ring (bicyclic) bond motifs is 1. The van der Waals surface area contributed by atoms with Crippen molar-refractivity contribution in [3.05, 3.63) is 71.9 Å². The van der Waals surface area contributed by atoms with Gasteiger partial charge in [0.2, 0.25) is 0 Å². The highest BCUT2D eigenvalue weighted by Gasteiger charge is 2.31. The predicted octanol–water partition coefficient (Wildman–Crippen LogP) is 3.90. The second kappa shape index (κ2) is 6.73. The molecule has 1 saturated heterocycles. The lowest BCUT2D eigenvalue weighted by atomic mass is 10.00. The van der Waals surface area contributed by atoms with E-state index in [1.165, 1.54) is 0 Å². The topological polar surface area (TPSA) is 56.3 Å². The number of aliphatic hydroxyl groups excluding tert-OH is 1. The summed E-state index contributed by atoms with van der Waals surface area (Å²) >= 11 is 0. The third-order valence-electron chi connectivity index (χ3n) is 5.12. The number of carbonyl (C=O) groups is 1. The number of H-pyrrole nitrogens is 1. The third kappa shape index (κ3) is 3.17. The number of nitrogens with one attached hydrogen (secondary N) is 1. The molecule has 1 aromatic heterocycles. The van der Waals surface area contributed by atoms with Gasteiger partial charge in [0.05, 0.1) is 6.10 Å². The fourth-order valence-electron chi connectivity index (χ4n) is 3.76. The van der Waals surface area contributed by atoms with E-state index in [0.717, 1.165) is 35.9 Å². The fourth-order valence-corrected chi connectivity index (χ4v) is 3.76. The molecular formula is C21H22N2O2. The van der Waals surface area contributed by atoms with Gasteiger partial charge < -0.3 is 15.0 Å². The largest absolute Gasteiger partial charge is 0.388 e. The molecule has 0 aliphatic carbocycles. The minimum atomic E-state index is -0.537. The Balaban J connectivity index is 1.51. The number of likely N-dealkylation sites (tertiary alicyclic amines) is 1. The molecule has 1 fully saturated rings. The Morgan fingerprint density at radius 3 is 2.88 bits per heavy atom. The molecule has 4 heteroatoms. The van der Waals surface area contributed by atoms with Gasteiger partial charge in [0.1, 0.15) is 0 Å². The number of aliphatic hydroxyl groups is 1. The van der Waals surface area contributed by atoms with Gasteiger partial charge in [-0.15, -0.1) is 0 Å². The monoisotopic (exact) mass is 334 g/mol. The van der Waals surface area contributed by atoms with E-state index in [-0.39, 0.29) is 11.9 Å². The summed E-state index contributed by atoms with van der Waals surface area (Å²) in [6.07, 6.45) is 3.86. The molecule has 0 bridgehead atoms. The zero-order valence-electron chi connectivity index (χ0n) is 14.1. The van der Waals surface area contributed by atoms with Gasteiger partial charge >= 0.3 is 0 Å². The summed E-state index contributed by atoms with van der Waals surface area (Å²) in [5.41, 5.74) is 2.59. The smallest absolute Gasteiger partial charge is 0.254 e. The van der Waals surface area contributed by atoms with E-state index >= 15 is 0 Å². The summed E-state index contributed by atoms with van der Waals surface area (Å²) in [6.45, 7) is 0.758. The second-order valence-corrected chi connectivity index (χ2v) is 6.74. The van der Waals surface area contributed by atoms with Crippen molar-refractivity contribution in [3.8, 4) is 0 Å². The van der Waals surface area contributed by atoms with Crippen LogP contribution in [0, 0.1) is 0 Å². The van der Waals surface area contributed by atoms with Crippen LogP contribution in [0.5, 0.6) is 0 Å². The van der Waals surface area contributed by atoms with Gasteiger partial charge in [-0.3, -0.25) is 4.79 Å². The van der Waals surface area contributed by atoms with Crippen LogP contribution in [0.2, 0.25) is 0 Å². The number of carbonyl (C=O) groups excluding carboxylic acids is 1. The van der Waals surface area contributed by atoms with E-state index in [4.69, 9.17) is 0 Å².